The molecule has 3 aromatic rings. The van der Waals surface area contributed by atoms with Crippen LogP contribution in [0, 0.1) is 12.7 Å². The van der Waals surface area contributed by atoms with Crippen molar-refractivity contribution < 1.29 is 9.13 Å². The molecular formula is C14H12FN3O. The Kier molecular flexibility index (Phi) is 2.59. The molecule has 1 heterocycles. The van der Waals surface area contributed by atoms with E-state index in [0.717, 1.165) is 11.0 Å². The molecule has 0 unspecified atom stereocenters. The lowest BCUT2D eigenvalue weighted by molar-refractivity contribution is 0.447. The second-order valence-corrected chi connectivity index (χ2v) is 4.33. The summed E-state index contributed by atoms with van der Waals surface area (Å²) in [4.78, 5) is 7.29. The molecule has 4 nitrogen and oxygen atoms in total. The Hall–Kier alpha value is -2.56. The minimum Gasteiger partial charge on any atom is -0.426 e. The molecule has 0 fully saturated rings. The van der Waals surface area contributed by atoms with Crippen LogP contribution < -0.4 is 10.5 Å². The van der Waals surface area contributed by atoms with Crippen molar-refractivity contribution in [1.82, 2.24) is 9.97 Å². The summed E-state index contributed by atoms with van der Waals surface area (Å²) >= 11 is 0. The highest BCUT2D eigenvalue weighted by Crippen LogP contribution is 2.24. The van der Waals surface area contributed by atoms with E-state index in [0.29, 0.717) is 23.0 Å². The second kappa shape index (κ2) is 4.28. The average molecular weight is 257 g/mol. The molecule has 3 N–H and O–H groups in total. The summed E-state index contributed by atoms with van der Waals surface area (Å²) in [6.07, 6.45) is 0. The van der Waals surface area contributed by atoms with Gasteiger partial charge in [-0.3, -0.25) is 0 Å². The van der Waals surface area contributed by atoms with Crippen LogP contribution in [-0.4, -0.2) is 9.97 Å². The topological polar surface area (TPSA) is 63.9 Å². The third-order valence-electron chi connectivity index (χ3n) is 2.83. The van der Waals surface area contributed by atoms with Crippen molar-refractivity contribution in [3.05, 3.63) is 47.8 Å². The van der Waals surface area contributed by atoms with Gasteiger partial charge in [-0.25, -0.2) is 4.39 Å². The van der Waals surface area contributed by atoms with Gasteiger partial charge in [0.25, 0.3) is 6.01 Å². The minimum absolute atomic E-state index is 0.260. The number of hydrogen-bond donors (Lipinski definition) is 2. The number of imidazole rings is 1. The first-order chi connectivity index (χ1) is 9.11. The van der Waals surface area contributed by atoms with Gasteiger partial charge in [-0.15, -0.1) is 0 Å². The van der Waals surface area contributed by atoms with Crippen LogP contribution in [-0.2, 0) is 0 Å². The molecule has 5 heteroatoms. The summed E-state index contributed by atoms with van der Waals surface area (Å²) in [6, 6.07) is 10.3. The summed E-state index contributed by atoms with van der Waals surface area (Å²) in [7, 11) is 0. The van der Waals surface area contributed by atoms with Crippen LogP contribution in [0.5, 0.6) is 11.8 Å². The molecule has 0 saturated carbocycles. The van der Waals surface area contributed by atoms with E-state index < -0.39 is 0 Å². The molecule has 0 spiro atoms. The maximum absolute atomic E-state index is 13.2. The van der Waals surface area contributed by atoms with E-state index in [1.54, 1.807) is 31.2 Å². The highest BCUT2D eigenvalue weighted by molar-refractivity contribution is 5.79. The fraction of sp³-hybridized carbons (Fsp3) is 0.0714. The number of nitrogen functional groups attached to an aromatic ring is 1. The van der Waals surface area contributed by atoms with Crippen LogP contribution >= 0.6 is 0 Å². The van der Waals surface area contributed by atoms with E-state index in [1.807, 2.05) is 6.07 Å². The van der Waals surface area contributed by atoms with Crippen LogP contribution in [0.15, 0.2) is 36.4 Å². The number of aryl methyl sites for hydroxylation is 1. The summed E-state index contributed by atoms with van der Waals surface area (Å²) < 4.78 is 18.7. The van der Waals surface area contributed by atoms with Gasteiger partial charge in [0.2, 0.25) is 0 Å². The third kappa shape index (κ3) is 2.22. The molecule has 0 atom stereocenters. The molecule has 0 radical (unpaired) electrons. The molecule has 0 aliphatic carbocycles. The standard InChI is InChI=1S/C14H12FN3O/c1-8-6-10(3-4-11(8)15)19-14-17-12-5-2-9(16)7-13(12)18-14/h2-7H,16H2,1H3,(H,17,18). The number of nitrogens with zero attached hydrogens (tertiary/aromatic N) is 1. The van der Waals surface area contributed by atoms with Crippen molar-refractivity contribution in [2.24, 2.45) is 0 Å². The molecule has 19 heavy (non-hydrogen) atoms. The van der Waals surface area contributed by atoms with Crippen LogP contribution in [0.4, 0.5) is 10.1 Å². The van der Waals surface area contributed by atoms with Crippen molar-refractivity contribution in [2.45, 2.75) is 6.92 Å². The quantitative estimate of drug-likeness (QED) is 0.692. The maximum Gasteiger partial charge on any atom is 0.300 e. The number of hydrogen-bond acceptors (Lipinski definition) is 3. The van der Waals surface area contributed by atoms with Gasteiger partial charge in [-0.05, 0) is 48.9 Å². The van der Waals surface area contributed by atoms with Crippen LogP contribution in [0.25, 0.3) is 11.0 Å². The number of nitrogens with one attached hydrogen (secondary N) is 1. The molecule has 0 aliphatic rings. The van der Waals surface area contributed by atoms with Crippen LogP contribution in [0.3, 0.4) is 0 Å². The fourth-order valence-corrected chi connectivity index (χ4v) is 1.84. The van der Waals surface area contributed by atoms with Gasteiger partial charge in [0, 0.05) is 5.69 Å². The van der Waals surface area contributed by atoms with Gasteiger partial charge < -0.3 is 15.5 Å². The number of fused-ring (bicyclic) bond motifs is 1. The summed E-state index contributed by atoms with van der Waals surface area (Å²) in [5, 5.41) is 0. The lowest BCUT2D eigenvalue weighted by Gasteiger charge is -2.03. The summed E-state index contributed by atoms with van der Waals surface area (Å²) in [5.74, 6) is 0.274. The Balaban J connectivity index is 1.94. The summed E-state index contributed by atoms with van der Waals surface area (Å²) in [5.41, 5.74) is 8.44. The first kappa shape index (κ1) is 11.5. The number of halogens is 1. The number of nitrogens with two attached hydrogens (primary N) is 1. The van der Waals surface area contributed by atoms with E-state index in [2.05, 4.69) is 9.97 Å². The highest BCUT2D eigenvalue weighted by Gasteiger charge is 2.06. The van der Waals surface area contributed by atoms with Crippen molar-refractivity contribution >= 4 is 16.7 Å². The normalized spacial score (nSPS) is 10.8. The zero-order valence-electron chi connectivity index (χ0n) is 10.3. The highest BCUT2D eigenvalue weighted by atomic mass is 19.1. The van der Waals surface area contributed by atoms with E-state index in [4.69, 9.17) is 10.5 Å². The van der Waals surface area contributed by atoms with E-state index in [-0.39, 0.29) is 5.82 Å². The monoisotopic (exact) mass is 257 g/mol. The molecule has 0 aliphatic heterocycles. The zero-order valence-corrected chi connectivity index (χ0v) is 10.3. The number of anilines is 1. The molecule has 2 aromatic carbocycles. The number of H-pyrrole nitrogens is 1. The number of aromatic amines is 1. The van der Waals surface area contributed by atoms with E-state index in [1.165, 1.54) is 6.07 Å². The van der Waals surface area contributed by atoms with Gasteiger partial charge in [0.1, 0.15) is 11.6 Å². The van der Waals surface area contributed by atoms with Gasteiger partial charge in [-0.2, -0.15) is 4.98 Å². The van der Waals surface area contributed by atoms with Gasteiger partial charge >= 0.3 is 0 Å². The Bertz CT molecular complexity index is 752. The number of ether oxygens (including phenoxy) is 1. The predicted molar refractivity (Wildman–Crippen MR) is 71.7 cm³/mol. The molecule has 0 bridgehead atoms. The molecule has 3 rings (SSSR count). The molecule has 0 amide bonds. The van der Waals surface area contributed by atoms with Crippen molar-refractivity contribution in [1.29, 1.82) is 0 Å². The molecular weight excluding hydrogens is 245 g/mol. The first-order valence-corrected chi connectivity index (χ1v) is 5.81. The van der Waals surface area contributed by atoms with Gasteiger partial charge in [0.15, 0.2) is 0 Å². The Morgan fingerprint density at radius 1 is 1.21 bits per heavy atom. The van der Waals surface area contributed by atoms with Crippen molar-refractivity contribution in [3.8, 4) is 11.8 Å². The number of benzene rings is 2. The third-order valence-corrected chi connectivity index (χ3v) is 2.83. The van der Waals surface area contributed by atoms with Crippen LogP contribution in [0.1, 0.15) is 5.56 Å². The van der Waals surface area contributed by atoms with Gasteiger partial charge in [-0.1, -0.05) is 0 Å². The lowest BCUT2D eigenvalue weighted by Crippen LogP contribution is -1.88. The van der Waals surface area contributed by atoms with Crippen molar-refractivity contribution in [2.75, 3.05) is 5.73 Å². The Morgan fingerprint density at radius 2 is 2.05 bits per heavy atom. The van der Waals surface area contributed by atoms with E-state index in [9.17, 15) is 4.39 Å². The fourth-order valence-electron chi connectivity index (χ4n) is 1.84. The van der Waals surface area contributed by atoms with E-state index >= 15 is 0 Å². The predicted octanol–water partition coefficient (Wildman–Crippen LogP) is 3.38. The Labute approximate surface area is 109 Å². The molecule has 1 aromatic heterocycles. The van der Waals surface area contributed by atoms with Crippen molar-refractivity contribution in [3.63, 3.8) is 0 Å². The molecule has 96 valence electrons. The molecule has 0 saturated heterocycles. The SMILES string of the molecule is Cc1cc(Oc2nc3ccc(N)cc3[nH]2)ccc1F. The smallest absolute Gasteiger partial charge is 0.300 e. The Morgan fingerprint density at radius 3 is 2.84 bits per heavy atom. The van der Waals surface area contributed by atoms with Crippen LogP contribution in [0.2, 0.25) is 0 Å². The first-order valence-electron chi connectivity index (χ1n) is 5.81. The zero-order chi connectivity index (χ0) is 13.4. The minimum atomic E-state index is -0.260. The lowest BCUT2D eigenvalue weighted by atomic mass is 10.2. The number of aromatic nitrogens is 2. The van der Waals surface area contributed by atoms with Gasteiger partial charge in [0.05, 0.1) is 11.0 Å². The average Bonchev–Trinajstić information content (AvgIpc) is 2.75. The number of rotatable bonds is 2. The summed E-state index contributed by atoms with van der Waals surface area (Å²) in [6.45, 7) is 1.68. The second-order valence-electron chi connectivity index (χ2n) is 4.33. The largest absolute Gasteiger partial charge is 0.426 e. The maximum atomic E-state index is 13.2.